The summed E-state index contributed by atoms with van der Waals surface area (Å²) in [4.78, 5) is 0.265. The van der Waals surface area contributed by atoms with Crippen LogP contribution < -0.4 is 0 Å². The zero-order valence-electron chi connectivity index (χ0n) is 9.79. The maximum absolute atomic E-state index is 12.4. The summed E-state index contributed by atoms with van der Waals surface area (Å²) in [6.45, 7) is 1.77. The van der Waals surface area contributed by atoms with E-state index in [1.165, 1.54) is 16.0 Å². The van der Waals surface area contributed by atoms with Gasteiger partial charge in [0.25, 0.3) is 0 Å². The Bertz CT molecular complexity index is 663. The molecule has 18 heavy (non-hydrogen) atoms. The highest BCUT2D eigenvalue weighted by atomic mass is 79.9. The van der Waals surface area contributed by atoms with Crippen molar-refractivity contribution in [3.8, 4) is 0 Å². The van der Waals surface area contributed by atoms with E-state index in [2.05, 4.69) is 21.0 Å². The number of hydrogen-bond donors (Lipinski definition) is 0. The summed E-state index contributed by atoms with van der Waals surface area (Å²) in [5.74, 6) is 0. The first-order valence-corrected chi connectivity index (χ1v) is 8.53. The van der Waals surface area contributed by atoms with Gasteiger partial charge in [-0.25, -0.2) is 8.42 Å². The van der Waals surface area contributed by atoms with Gasteiger partial charge >= 0.3 is 0 Å². The predicted molar refractivity (Wildman–Crippen MR) is 75.5 cm³/mol. The molecule has 7 heteroatoms. The Hall–Kier alpha value is -0.790. The first kappa shape index (κ1) is 13.6. The Morgan fingerprint density at radius 1 is 1.28 bits per heavy atom. The highest BCUT2D eigenvalue weighted by molar-refractivity contribution is 9.10. The molecule has 1 aromatic heterocycles. The summed E-state index contributed by atoms with van der Waals surface area (Å²) < 4.78 is 27.2. The van der Waals surface area contributed by atoms with Gasteiger partial charge in [-0.2, -0.15) is 9.19 Å². The van der Waals surface area contributed by atoms with Crippen molar-refractivity contribution < 1.29 is 8.42 Å². The van der Waals surface area contributed by atoms with Gasteiger partial charge in [-0.05, 0) is 49.2 Å². The number of hydrogen-bond acceptors (Lipinski definition) is 4. The van der Waals surface area contributed by atoms with Crippen molar-refractivity contribution in [3.63, 3.8) is 0 Å². The second-order valence-corrected chi connectivity index (χ2v) is 7.16. The second-order valence-electron chi connectivity index (χ2n) is 3.64. The Morgan fingerprint density at radius 3 is 2.44 bits per heavy atom. The second kappa shape index (κ2) is 5.07. The third-order valence-electron chi connectivity index (χ3n) is 2.34. The number of nitrogens with zero attached hydrogens (tertiary/aromatic N) is 2. The lowest BCUT2D eigenvalue weighted by Gasteiger charge is -2.05. The Balaban J connectivity index is 2.57. The van der Waals surface area contributed by atoms with E-state index in [-0.39, 0.29) is 9.92 Å². The molecule has 1 aromatic carbocycles. The molecule has 0 atom stereocenters. The largest absolute Gasteiger partial charge is 0.224 e. The fraction of sp³-hybridized carbons (Fsp3) is 0.182. The number of sulfone groups is 1. The van der Waals surface area contributed by atoms with Crippen molar-refractivity contribution >= 4 is 37.7 Å². The van der Waals surface area contributed by atoms with Crippen LogP contribution in [0.5, 0.6) is 0 Å². The quantitative estimate of drug-likeness (QED) is 0.857. The number of halogens is 1. The standard InChI is InChI=1S/C11H11BrN2O2S2/c1-8-7-11(14(13-8)17-2)18(15,16)10-5-3-9(12)4-6-10/h3-7H,1-2H3. The minimum Gasteiger partial charge on any atom is -0.217 e. The SMILES string of the molecule is CSn1nc(C)cc1S(=O)(=O)c1ccc(Br)cc1. The molecule has 4 nitrogen and oxygen atoms in total. The normalized spacial score (nSPS) is 11.7. The molecule has 2 rings (SSSR count). The molecule has 0 radical (unpaired) electrons. The number of benzene rings is 1. The third kappa shape index (κ3) is 2.48. The Morgan fingerprint density at radius 2 is 1.89 bits per heavy atom. The fourth-order valence-corrected chi connectivity index (χ4v) is 4.03. The van der Waals surface area contributed by atoms with E-state index in [0.717, 1.165) is 4.47 Å². The third-order valence-corrected chi connectivity index (χ3v) is 5.34. The van der Waals surface area contributed by atoms with Crippen LogP contribution in [0.25, 0.3) is 0 Å². The van der Waals surface area contributed by atoms with Gasteiger partial charge in [-0.15, -0.1) is 0 Å². The first-order valence-electron chi connectivity index (χ1n) is 5.07. The summed E-state index contributed by atoms with van der Waals surface area (Å²) in [7, 11) is -3.52. The maximum Gasteiger partial charge on any atom is 0.224 e. The monoisotopic (exact) mass is 346 g/mol. The molecular formula is C11H11BrN2O2S2. The average molecular weight is 347 g/mol. The summed E-state index contributed by atoms with van der Waals surface area (Å²) in [5, 5.41) is 4.33. The summed E-state index contributed by atoms with van der Waals surface area (Å²) >= 11 is 4.54. The lowest BCUT2D eigenvalue weighted by Crippen LogP contribution is -2.06. The van der Waals surface area contributed by atoms with Crippen LogP contribution in [0.2, 0.25) is 0 Å². The van der Waals surface area contributed by atoms with E-state index in [1.54, 1.807) is 43.5 Å². The molecule has 1 heterocycles. The van der Waals surface area contributed by atoms with Gasteiger partial charge in [-0.1, -0.05) is 15.9 Å². The van der Waals surface area contributed by atoms with Gasteiger partial charge in [-0.3, -0.25) is 0 Å². The molecule has 0 unspecified atom stereocenters. The molecular weight excluding hydrogens is 336 g/mol. The topological polar surface area (TPSA) is 52.0 Å². The number of aryl methyl sites for hydroxylation is 1. The summed E-state index contributed by atoms with van der Waals surface area (Å²) in [5.41, 5.74) is 0.681. The highest BCUT2D eigenvalue weighted by Gasteiger charge is 2.23. The van der Waals surface area contributed by atoms with Crippen LogP contribution >= 0.6 is 27.9 Å². The van der Waals surface area contributed by atoms with Crippen LogP contribution in [0.4, 0.5) is 0 Å². The van der Waals surface area contributed by atoms with Crippen molar-refractivity contribution in [3.05, 3.63) is 40.5 Å². The van der Waals surface area contributed by atoms with Crippen LogP contribution in [0.15, 0.2) is 44.7 Å². The van der Waals surface area contributed by atoms with Gasteiger partial charge in [0.2, 0.25) is 9.84 Å². The molecule has 0 amide bonds. The average Bonchev–Trinajstić information content (AvgIpc) is 2.72. The van der Waals surface area contributed by atoms with Crippen LogP contribution in [-0.4, -0.2) is 23.9 Å². The van der Waals surface area contributed by atoms with Crippen molar-refractivity contribution in [1.82, 2.24) is 9.19 Å². The minimum atomic E-state index is -3.52. The molecule has 0 spiro atoms. The van der Waals surface area contributed by atoms with Crippen molar-refractivity contribution in [1.29, 1.82) is 0 Å². The van der Waals surface area contributed by atoms with E-state index >= 15 is 0 Å². The Kier molecular flexibility index (Phi) is 3.84. The highest BCUT2D eigenvalue weighted by Crippen LogP contribution is 2.25. The van der Waals surface area contributed by atoms with Crippen LogP contribution in [0.1, 0.15) is 5.69 Å². The molecule has 0 N–H and O–H groups in total. The van der Waals surface area contributed by atoms with Gasteiger partial charge in [0, 0.05) is 10.7 Å². The molecule has 0 bridgehead atoms. The summed E-state index contributed by atoms with van der Waals surface area (Å²) in [6, 6.07) is 8.14. The minimum absolute atomic E-state index is 0.204. The molecule has 0 saturated heterocycles. The van der Waals surface area contributed by atoms with E-state index < -0.39 is 9.84 Å². The molecule has 2 aromatic rings. The van der Waals surface area contributed by atoms with E-state index in [1.807, 2.05) is 0 Å². The lowest BCUT2D eigenvalue weighted by molar-refractivity contribution is 0.590. The van der Waals surface area contributed by atoms with Crippen LogP contribution in [0, 0.1) is 6.92 Å². The first-order chi connectivity index (χ1) is 8.45. The summed E-state index contributed by atoms with van der Waals surface area (Å²) in [6.07, 6.45) is 1.78. The van der Waals surface area contributed by atoms with E-state index in [4.69, 9.17) is 0 Å². The van der Waals surface area contributed by atoms with Crippen molar-refractivity contribution in [2.75, 3.05) is 6.26 Å². The number of aromatic nitrogens is 2. The zero-order valence-corrected chi connectivity index (χ0v) is 13.0. The van der Waals surface area contributed by atoms with Gasteiger partial charge in [0.15, 0.2) is 5.03 Å². The van der Waals surface area contributed by atoms with Gasteiger partial charge in [0.1, 0.15) is 0 Å². The Labute approximate surface area is 119 Å². The molecule has 0 aliphatic rings. The van der Waals surface area contributed by atoms with E-state index in [9.17, 15) is 8.42 Å². The van der Waals surface area contributed by atoms with Crippen LogP contribution in [-0.2, 0) is 9.84 Å². The zero-order chi connectivity index (χ0) is 13.3. The molecule has 96 valence electrons. The van der Waals surface area contributed by atoms with Crippen molar-refractivity contribution in [2.24, 2.45) is 0 Å². The van der Waals surface area contributed by atoms with E-state index in [0.29, 0.717) is 5.69 Å². The van der Waals surface area contributed by atoms with Crippen molar-refractivity contribution in [2.45, 2.75) is 16.8 Å². The fourth-order valence-electron chi connectivity index (χ4n) is 1.50. The van der Waals surface area contributed by atoms with Gasteiger partial charge < -0.3 is 0 Å². The number of rotatable bonds is 3. The van der Waals surface area contributed by atoms with Crippen LogP contribution in [0.3, 0.4) is 0 Å². The molecule has 0 aliphatic heterocycles. The molecule has 0 saturated carbocycles. The maximum atomic E-state index is 12.4. The van der Waals surface area contributed by atoms with Gasteiger partial charge in [0.05, 0.1) is 10.6 Å². The lowest BCUT2D eigenvalue weighted by atomic mass is 10.4. The molecule has 0 aliphatic carbocycles. The smallest absolute Gasteiger partial charge is 0.217 e. The molecule has 0 fully saturated rings. The predicted octanol–water partition coefficient (Wildman–Crippen LogP) is 2.91.